The first-order chi connectivity index (χ1) is 9.97. The number of ether oxygens (including phenoxy) is 2. The first-order valence-corrected chi connectivity index (χ1v) is 6.85. The molecule has 0 bridgehead atoms. The van der Waals surface area contributed by atoms with Crippen LogP contribution < -0.4 is 5.32 Å². The highest BCUT2D eigenvalue weighted by Crippen LogP contribution is 2.21. The van der Waals surface area contributed by atoms with Crippen LogP contribution in [0, 0.1) is 17.6 Å². The molecule has 1 aromatic carbocycles. The summed E-state index contributed by atoms with van der Waals surface area (Å²) in [5, 5.41) is 2.73. The quantitative estimate of drug-likeness (QED) is 0.591. The third-order valence-corrected chi connectivity index (χ3v) is 2.89. The van der Waals surface area contributed by atoms with E-state index in [1.54, 1.807) is 0 Å². The maximum atomic E-state index is 13.8. The van der Waals surface area contributed by atoms with Crippen molar-refractivity contribution in [1.82, 2.24) is 0 Å². The average Bonchev–Trinajstić information content (AvgIpc) is 2.46. The van der Waals surface area contributed by atoms with E-state index in [0.29, 0.717) is 25.7 Å². The number of hydrogen-bond acceptors (Lipinski definition) is 4. The first kappa shape index (κ1) is 17.4. The van der Waals surface area contributed by atoms with E-state index < -0.39 is 23.2 Å². The second-order valence-electron chi connectivity index (χ2n) is 5.00. The number of hydrogen-bond donors (Lipinski definition) is 1. The van der Waals surface area contributed by atoms with Crippen LogP contribution in [0.4, 0.5) is 14.5 Å². The molecule has 0 radical (unpaired) electrons. The smallest absolute Gasteiger partial charge is 0.340 e. The lowest BCUT2D eigenvalue weighted by Crippen LogP contribution is -2.13. The minimum atomic E-state index is -1.22. The number of carbonyl (C=O) groups excluding carboxylic acids is 1. The predicted molar refractivity (Wildman–Crippen MR) is 76.5 cm³/mol. The van der Waals surface area contributed by atoms with Crippen molar-refractivity contribution in [3.05, 3.63) is 29.3 Å². The van der Waals surface area contributed by atoms with Gasteiger partial charge in [-0.15, -0.1) is 0 Å². The molecule has 0 aliphatic rings. The predicted octanol–water partition coefficient (Wildman–Crippen LogP) is 3.23. The van der Waals surface area contributed by atoms with Crippen molar-refractivity contribution in [3.8, 4) is 0 Å². The van der Waals surface area contributed by atoms with Gasteiger partial charge in [-0.2, -0.15) is 0 Å². The van der Waals surface area contributed by atoms with Crippen LogP contribution >= 0.6 is 0 Å². The van der Waals surface area contributed by atoms with E-state index in [2.05, 4.69) is 23.9 Å². The SMILES string of the molecule is COC(=O)c1ccc(NCCOCCC(C)C)c(F)c1F. The van der Waals surface area contributed by atoms with Gasteiger partial charge in [-0.3, -0.25) is 0 Å². The summed E-state index contributed by atoms with van der Waals surface area (Å²) < 4.78 is 37.2. The van der Waals surface area contributed by atoms with Crippen LogP contribution in [0.2, 0.25) is 0 Å². The van der Waals surface area contributed by atoms with Gasteiger partial charge in [-0.05, 0) is 24.5 Å². The molecule has 0 aliphatic heterocycles. The van der Waals surface area contributed by atoms with Crippen molar-refractivity contribution in [2.45, 2.75) is 20.3 Å². The maximum absolute atomic E-state index is 13.8. The normalized spacial score (nSPS) is 10.8. The Hall–Kier alpha value is -1.69. The second-order valence-corrected chi connectivity index (χ2v) is 5.00. The van der Waals surface area contributed by atoms with Crippen LogP contribution in [0.15, 0.2) is 12.1 Å². The standard InChI is InChI=1S/C15H21F2NO3/c1-10(2)6-8-21-9-7-18-12-5-4-11(15(19)20-3)13(16)14(12)17/h4-5,10,18H,6-9H2,1-3H3. The monoisotopic (exact) mass is 301 g/mol. The highest BCUT2D eigenvalue weighted by molar-refractivity contribution is 5.90. The van der Waals surface area contributed by atoms with Gasteiger partial charge in [0.25, 0.3) is 0 Å². The van der Waals surface area contributed by atoms with Crippen molar-refractivity contribution in [3.63, 3.8) is 0 Å². The van der Waals surface area contributed by atoms with Gasteiger partial charge in [-0.25, -0.2) is 13.6 Å². The van der Waals surface area contributed by atoms with Gasteiger partial charge in [-0.1, -0.05) is 13.8 Å². The molecular weight excluding hydrogens is 280 g/mol. The summed E-state index contributed by atoms with van der Waals surface area (Å²) in [5.74, 6) is -2.65. The molecule has 0 saturated carbocycles. The summed E-state index contributed by atoms with van der Waals surface area (Å²) in [6.07, 6.45) is 0.955. The highest BCUT2D eigenvalue weighted by Gasteiger charge is 2.18. The maximum Gasteiger partial charge on any atom is 0.340 e. The Morgan fingerprint density at radius 2 is 1.95 bits per heavy atom. The van der Waals surface area contributed by atoms with Gasteiger partial charge in [0.15, 0.2) is 11.6 Å². The number of rotatable bonds is 8. The molecule has 1 N–H and O–H groups in total. The number of methoxy groups -OCH3 is 1. The van der Waals surface area contributed by atoms with Crippen LogP contribution in [0.1, 0.15) is 30.6 Å². The van der Waals surface area contributed by atoms with Gasteiger partial charge < -0.3 is 14.8 Å². The number of benzene rings is 1. The molecule has 1 aromatic rings. The summed E-state index contributed by atoms with van der Waals surface area (Å²) in [5.41, 5.74) is -0.429. The topological polar surface area (TPSA) is 47.6 Å². The van der Waals surface area contributed by atoms with Crippen molar-refractivity contribution in [1.29, 1.82) is 0 Å². The van der Waals surface area contributed by atoms with Crippen molar-refractivity contribution in [2.75, 3.05) is 32.2 Å². The Balaban J connectivity index is 2.50. The molecule has 0 amide bonds. The summed E-state index contributed by atoms with van der Waals surface area (Å²) >= 11 is 0. The summed E-state index contributed by atoms with van der Waals surface area (Å²) in [6.45, 7) is 5.58. The van der Waals surface area contributed by atoms with Crippen molar-refractivity contribution in [2.24, 2.45) is 5.92 Å². The Labute approximate surface area is 123 Å². The lowest BCUT2D eigenvalue weighted by atomic mass is 10.1. The van der Waals surface area contributed by atoms with E-state index >= 15 is 0 Å². The van der Waals surface area contributed by atoms with E-state index in [-0.39, 0.29) is 5.69 Å². The second kappa shape index (κ2) is 8.56. The fourth-order valence-corrected chi connectivity index (χ4v) is 1.63. The fraction of sp³-hybridized carbons (Fsp3) is 0.533. The molecule has 0 atom stereocenters. The van der Waals surface area contributed by atoms with Gasteiger partial charge in [0.05, 0.1) is 25.0 Å². The fourth-order valence-electron chi connectivity index (χ4n) is 1.63. The number of halogens is 2. The molecule has 0 fully saturated rings. The average molecular weight is 301 g/mol. The Morgan fingerprint density at radius 1 is 1.24 bits per heavy atom. The van der Waals surface area contributed by atoms with Crippen molar-refractivity contribution >= 4 is 11.7 Å². The minimum absolute atomic E-state index is 0.00684. The number of nitrogens with one attached hydrogen (secondary N) is 1. The van der Waals surface area contributed by atoms with Gasteiger partial charge >= 0.3 is 5.97 Å². The van der Waals surface area contributed by atoms with Gasteiger partial charge in [0.1, 0.15) is 0 Å². The number of anilines is 1. The first-order valence-electron chi connectivity index (χ1n) is 6.85. The summed E-state index contributed by atoms with van der Waals surface area (Å²) in [7, 11) is 1.11. The van der Waals surface area contributed by atoms with Crippen LogP contribution in [0.25, 0.3) is 0 Å². The van der Waals surface area contributed by atoms with Crippen LogP contribution in [0.5, 0.6) is 0 Å². The zero-order chi connectivity index (χ0) is 15.8. The minimum Gasteiger partial charge on any atom is -0.465 e. The van der Waals surface area contributed by atoms with E-state index in [1.165, 1.54) is 12.1 Å². The highest BCUT2D eigenvalue weighted by atomic mass is 19.2. The van der Waals surface area contributed by atoms with E-state index in [4.69, 9.17) is 4.74 Å². The molecule has 21 heavy (non-hydrogen) atoms. The van der Waals surface area contributed by atoms with E-state index in [0.717, 1.165) is 13.5 Å². The van der Waals surface area contributed by atoms with E-state index in [9.17, 15) is 13.6 Å². The molecule has 118 valence electrons. The zero-order valence-corrected chi connectivity index (χ0v) is 12.5. The third-order valence-electron chi connectivity index (χ3n) is 2.89. The lowest BCUT2D eigenvalue weighted by Gasteiger charge is -2.11. The van der Waals surface area contributed by atoms with Crippen LogP contribution in [0.3, 0.4) is 0 Å². The molecule has 1 rings (SSSR count). The summed E-state index contributed by atoms with van der Waals surface area (Å²) in [6, 6.07) is 2.49. The Bertz CT molecular complexity index is 478. The molecule has 0 saturated heterocycles. The Kier molecular flexibility index (Phi) is 7.08. The summed E-state index contributed by atoms with van der Waals surface area (Å²) in [4.78, 5) is 11.2. The van der Waals surface area contributed by atoms with E-state index in [1.807, 2.05) is 0 Å². The molecule has 0 aromatic heterocycles. The largest absolute Gasteiger partial charge is 0.465 e. The molecule has 0 heterocycles. The molecule has 0 spiro atoms. The van der Waals surface area contributed by atoms with Crippen molar-refractivity contribution < 1.29 is 23.0 Å². The number of carbonyl (C=O) groups is 1. The molecule has 4 nitrogen and oxygen atoms in total. The van der Waals surface area contributed by atoms with Crippen LogP contribution in [-0.2, 0) is 9.47 Å². The Morgan fingerprint density at radius 3 is 2.57 bits per heavy atom. The van der Waals surface area contributed by atoms with Crippen LogP contribution in [-0.4, -0.2) is 32.8 Å². The van der Waals surface area contributed by atoms with Gasteiger partial charge in [0, 0.05) is 13.2 Å². The third kappa shape index (κ3) is 5.30. The molecule has 0 unspecified atom stereocenters. The lowest BCUT2D eigenvalue weighted by molar-refractivity contribution is 0.0594. The molecular formula is C15H21F2NO3. The van der Waals surface area contributed by atoms with Gasteiger partial charge in [0.2, 0.25) is 0 Å². The molecule has 6 heteroatoms. The number of esters is 1. The zero-order valence-electron chi connectivity index (χ0n) is 12.5. The molecule has 0 aliphatic carbocycles.